The van der Waals surface area contributed by atoms with Gasteiger partial charge in [0.15, 0.2) is 0 Å². The highest BCUT2D eigenvalue weighted by Crippen LogP contribution is 2.20. The molecule has 2 atom stereocenters. The minimum absolute atomic E-state index is 0.0139. The number of aromatic carboxylic acids is 1. The molecular weight excluding hydrogens is 274 g/mol. The van der Waals surface area contributed by atoms with Crippen LogP contribution >= 0.6 is 11.3 Å². The third-order valence-corrected chi connectivity index (χ3v) is 5.54. The fraction of sp³-hybridized carbons (Fsp3) is 0.545. The molecule has 0 saturated carbocycles. The molecule has 0 fully saturated rings. The van der Waals surface area contributed by atoms with E-state index >= 15 is 0 Å². The zero-order valence-electron chi connectivity index (χ0n) is 10.5. The molecule has 0 aliphatic carbocycles. The van der Waals surface area contributed by atoms with Crippen LogP contribution < -0.4 is 4.72 Å². The second-order valence-electron chi connectivity index (χ2n) is 4.25. The van der Waals surface area contributed by atoms with Crippen molar-refractivity contribution in [1.29, 1.82) is 0 Å². The largest absolute Gasteiger partial charge is 0.477 e. The molecule has 2 unspecified atom stereocenters. The van der Waals surface area contributed by atoms with E-state index in [9.17, 15) is 13.2 Å². The molecule has 0 saturated heterocycles. The Kier molecular flexibility index (Phi) is 4.89. The van der Waals surface area contributed by atoms with Gasteiger partial charge in [0, 0.05) is 11.4 Å². The summed E-state index contributed by atoms with van der Waals surface area (Å²) in [5, 5.41) is 10.1. The zero-order valence-corrected chi connectivity index (χ0v) is 12.1. The molecule has 5 nitrogen and oxygen atoms in total. The molecule has 18 heavy (non-hydrogen) atoms. The third-order valence-electron chi connectivity index (χ3n) is 2.94. The number of nitrogens with one attached hydrogen (secondary N) is 1. The summed E-state index contributed by atoms with van der Waals surface area (Å²) in [4.78, 5) is 10.7. The number of hydrogen-bond donors (Lipinski definition) is 2. The van der Waals surface area contributed by atoms with Gasteiger partial charge in [0.2, 0.25) is 10.0 Å². The average molecular weight is 291 g/mol. The molecule has 1 rings (SSSR count). The zero-order chi connectivity index (χ0) is 13.9. The quantitative estimate of drug-likeness (QED) is 0.841. The minimum atomic E-state index is -3.63. The van der Waals surface area contributed by atoms with Crippen LogP contribution in [0.4, 0.5) is 0 Å². The SMILES string of the molecule is CCC(C)C(C)NS(=O)(=O)c1csc(C(=O)O)c1. The number of hydrogen-bond acceptors (Lipinski definition) is 4. The van der Waals surface area contributed by atoms with Gasteiger partial charge in [0.05, 0.1) is 4.90 Å². The highest BCUT2D eigenvalue weighted by atomic mass is 32.2. The molecule has 7 heteroatoms. The molecule has 0 radical (unpaired) electrons. The van der Waals surface area contributed by atoms with E-state index in [1.165, 1.54) is 11.4 Å². The van der Waals surface area contributed by atoms with E-state index in [1.807, 2.05) is 13.8 Å². The van der Waals surface area contributed by atoms with E-state index in [4.69, 9.17) is 5.11 Å². The molecule has 1 heterocycles. The Hall–Kier alpha value is -0.920. The van der Waals surface area contributed by atoms with Crippen molar-refractivity contribution >= 4 is 27.3 Å². The van der Waals surface area contributed by atoms with Gasteiger partial charge in [0.1, 0.15) is 4.88 Å². The van der Waals surface area contributed by atoms with E-state index in [2.05, 4.69) is 4.72 Å². The van der Waals surface area contributed by atoms with Gasteiger partial charge < -0.3 is 5.11 Å². The van der Waals surface area contributed by atoms with E-state index in [-0.39, 0.29) is 21.7 Å². The molecule has 0 spiro atoms. The van der Waals surface area contributed by atoms with Crippen molar-refractivity contribution in [3.63, 3.8) is 0 Å². The molecule has 0 aliphatic heterocycles. The van der Waals surface area contributed by atoms with Crippen LogP contribution in [0.3, 0.4) is 0 Å². The maximum atomic E-state index is 12.0. The number of rotatable bonds is 6. The van der Waals surface area contributed by atoms with Crippen molar-refractivity contribution in [1.82, 2.24) is 4.72 Å². The van der Waals surface area contributed by atoms with Gasteiger partial charge in [-0.25, -0.2) is 17.9 Å². The van der Waals surface area contributed by atoms with Crippen molar-refractivity contribution in [2.24, 2.45) is 5.92 Å². The third kappa shape index (κ3) is 3.54. The van der Waals surface area contributed by atoms with Gasteiger partial charge >= 0.3 is 5.97 Å². The van der Waals surface area contributed by atoms with Crippen molar-refractivity contribution in [3.8, 4) is 0 Å². The van der Waals surface area contributed by atoms with Gasteiger partial charge in [-0.2, -0.15) is 0 Å². The van der Waals surface area contributed by atoms with Crippen LogP contribution in [0.2, 0.25) is 0 Å². The molecule has 0 aromatic carbocycles. The Morgan fingerprint density at radius 3 is 2.56 bits per heavy atom. The van der Waals surface area contributed by atoms with Crippen LogP contribution in [-0.4, -0.2) is 25.5 Å². The van der Waals surface area contributed by atoms with Crippen LogP contribution in [-0.2, 0) is 10.0 Å². The molecule has 102 valence electrons. The van der Waals surface area contributed by atoms with Crippen LogP contribution in [0, 0.1) is 5.92 Å². The first-order chi connectivity index (χ1) is 8.27. The number of carboxylic acids is 1. The van der Waals surface area contributed by atoms with Crippen LogP contribution in [0.15, 0.2) is 16.3 Å². The maximum absolute atomic E-state index is 12.0. The summed E-state index contributed by atoms with van der Waals surface area (Å²) in [7, 11) is -3.63. The Morgan fingerprint density at radius 1 is 1.50 bits per heavy atom. The molecule has 0 bridgehead atoms. The summed E-state index contributed by atoms with van der Waals surface area (Å²) in [5.41, 5.74) is 0. The van der Waals surface area contributed by atoms with E-state index in [0.29, 0.717) is 0 Å². The number of thiophene rings is 1. The van der Waals surface area contributed by atoms with Gasteiger partial charge in [0.25, 0.3) is 0 Å². The van der Waals surface area contributed by atoms with Crippen LogP contribution in [0.25, 0.3) is 0 Å². The molecule has 0 aliphatic rings. The van der Waals surface area contributed by atoms with Gasteiger partial charge in [-0.05, 0) is 18.9 Å². The summed E-state index contributed by atoms with van der Waals surface area (Å²) >= 11 is 0.907. The number of sulfonamides is 1. The monoisotopic (exact) mass is 291 g/mol. The lowest BCUT2D eigenvalue weighted by atomic mass is 10.0. The minimum Gasteiger partial charge on any atom is -0.477 e. The highest BCUT2D eigenvalue weighted by molar-refractivity contribution is 7.89. The van der Waals surface area contributed by atoms with E-state index in [0.717, 1.165) is 17.8 Å². The summed E-state index contributed by atoms with van der Waals surface area (Å²) in [6.07, 6.45) is 0.869. The molecule has 1 aromatic heterocycles. The van der Waals surface area contributed by atoms with Gasteiger partial charge in [-0.1, -0.05) is 20.3 Å². The van der Waals surface area contributed by atoms with Crippen LogP contribution in [0.5, 0.6) is 0 Å². The topological polar surface area (TPSA) is 83.5 Å². The van der Waals surface area contributed by atoms with Crippen LogP contribution in [0.1, 0.15) is 36.9 Å². The van der Waals surface area contributed by atoms with Gasteiger partial charge in [-0.3, -0.25) is 0 Å². The first kappa shape index (κ1) is 15.1. The maximum Gasteiger partial charge on any atom is 0.345 e. The van der Waals surface area contributed by atoms with Crippen molar-refractivity contribution in [3.05, 3.63) is 16.3 Å². The summed E-state index contributed by atoms with van der Waals surface area (Å²) in [6, 6.07) is 0.992. The Labute approximate surface area is 111 Å². The fourth-order valence-corrected chi connectivity index (χ4v) is 3.82. The lowest BCUT2D eigenvalue weighted by Gasteiger charge is -2.19. The highest BCUT2D eigenvalue weighted by Gasteiger charge is 2.22. The fourth-order valence-electron chi connectivity index (χ4n) is 1.35. The second kappa shape index (κ2) is 5.81. The summed E-state index contributed by atoms with van der Waals surface area (Å²) in [5.74, 6) is -0.895. The standard InChI is InChI=1S/C11H17NO4S2/c1-4-7(2)8(3)12-18(15,16)9-5-10(11(13)14)17-6-9/h5-8,12H,4H2,1-3H3,(H,13,14). The Morgan fingerprint density at radius 2 is 2.11 bits per heavy atom. The van der Waals surface area contributed by atoms with E-state index < -0.39 is 16.0 Å². The Bertz CT molecular complexity index is 521. The van der Waals surface area contributed by atoms with E-state index in [1.54, 1.807) is 6.92 Å². The molecule has 2 N–H and O–H groups in total. The first-order valence-corrected chi connectivity index (χ1v) is 7.98. The van der Waals surface area contributed by atoms with Crippen molar-refractivity contribution in [2.75, 3.05) is 0 Å². The van der Waals surface area contributed by atoms with Crippen molar-refractivity contribution in [2.45, 2.75) is 38.1 Å². The van der Waals surface area contributed by atoms with Crippen molar-refractivity contribution < 1.29 is 18.3 Å². The van der Waals surface area contributed by atoms with Gasteiger partial charge in [-0.15, -0.1) is 11.3 Å². The predicted molar refractivity (Wildman–Crippen MR) is 70.5 cm³/mol. The average Bonchev–Trinajstić information content (AvgIpc) is 2.77. The summed E-state index contributed by atoms with van der Waals surface area (Å²) < 4.78 is 26.6. The molecule has 1 aromatic rings. The number of carboxylic acid groups (broad SMARTS) is 1. The second-order valence-corrected chi connectivity index (χ2v) is 6.87. The normalized spacial score (nSPS) is 15.3. The lowest BCUT2D eigenvalue weighted by Crippen LogP contribution is -2.36. The molecule has 0 amide bonds. The molecular formula is C11H17NO4S2. The Balaban J connectivity index is 2.89. The number of carbonyl (C=O) groups is 1. The lowest BCUT2D eigenvalue weighted by molar-refractivity contribution is 0.0702. The summed E-state index contributed by atoms with van der Waals surface area (Å²) in [6.45, 7) is 5.75. The first-order valence-electron chi connectivity index (χ1n) is 5.62. The smallest absolute Gasteiger partial charge is 0.345 e. The predicted octanol–water partition coefficient (Wildman–Crippen LogP) is 2.16.